The van der Waals surface area contributed by atoms with Crippen LogP contribution < -0.4 is 5.32 Å². The van der Waals surface area contributed by atoms with E-state index in [1.54, 1.807) is 18.6 Å². The summed E-state index contributed by atoms with van der Waals surface area (Å²) in [5, 5.41) is 2.90. The van der Waals surface area contributed by atoms with Crippen molar-refractivity contribution in [3.8, 4) is 0 Å². The summed E-state index contributed by atoms with van der Waals surface area (Å²) in [5.74, 6) is -0.113. The molecule has 2 aromatic heterocycles. The Hall–Kier alpha value is -2.62. The van der Waals surface area contributed by atoms with Gasteiger partial charge in [0.15, 0.2) is 0 Å². The van der Waals surface area contributed by atoms with Gasteiger partial charge >= 0.3 is 0 Å². The van der Waals surface area contributed by atoms with E-state index in [2.05, 4.69) is 17.2 Å². The third-order valence-electron chi connectivity index (χ3n) is 3.30. The third kappa shape index (κ3) is 2.40. The molecule has 0 saturated heterocycles. The molecule has 3 aromatic rings. The summed E-state index contributed by atoms with van der Waals surface area (Å²) in [6.07, 6.45) is 6.26. The minimum Gasteiger partial charge on any atom is -0.322 e. The molecule has 0 aliphatic heterocycles. The number of fused-ring (bicyclic) bond motifs is 1. The van der Waals surface area contributed by atoms with Crippen molar-refractivity contribution in [3.05, 3.63) is 66.2 Å². The average Bonchev–Trinajstić information content (AvgIpc) is 2.95. The number of amides is 1. The van der Waals surface area contributed by atoms with Crippen LogP contribution in [-0.4, -0.2) is 15.3 Å². The molecule has 1 amide bonds. The first-order valence-corrected chi connectivity index (χ1v) is 6.58. The van der Waals surface area contributed by atoms with Crippen molar-refractivity contribution in [2.45, 2.75) is 13.3 Å². The molecule has 1 N–H and O–H groups in total. The summed E-state index contributed by atoms with van der Waals surface area (Å²) in [6.45, 7) is 2.11. The summed E-state index contributed by atoms with van der Waals surface area (Å²) in [4.78, 5) is 16.2. The van der Waals surface area contributed by atoms with Crippen molar-refractivity contribution in [2.75, 3.05) is 5.32 Å². The standard InChI is InChI=1S/C16H15N3O/c1-2-12-3-5-14(6-4-12)18-16(20)13-7-8-19-11-17-10-15(19)9-13/h3-11H,2H2,1H3,(H,18,20). The number of hydrogen-bond donors (Lipinski definition) is 1. The van der Waals surface area contributed by atoms with Gasteiger partial charge in [0.2, 0.25) is 0 Å². The van der Waals surface area contributed by atoms with Crippen molar-refractivity contribution in [2.24, 2.45) is 0 Å². The van der Waals surface area contributed by atoms with E-state index >= 15 is 0 Å². The van der Waals surface area contributed by atoms with Gasteiger partial charge in [-0.15, -0.1) is 0 Å². The van der Waals surface area contributed by atoms with E-state index in [0.717, 1.165) is 17.6 Å². The van der Waals surface area contributed by atoms with Gasteiger partial charge in [0.25, 0.3) is 5.91 Å². The predicted molar refractivity (Wildman–Crippen MR) is 79.0 cm³/mol. The summed E-state index contributed by atoms with van der Waals surface area (Å²) in [6, 6.07) is 11.5. The van der Waals surface area contributed by atoms with Gasteiger partial charge in [-0.1, -0.05) is 19.1 Å². The van der Waals surface area contributed by atoms with Crippen molar-refractivity contribution in [1.29, 1.82) is 0 Å². The third-order valence-corrected chi connectivity index (χ3v) is 3.30. The lowest BCUT2D eigenvalue weighted by molar-refractivity contribution is 0.102. The number of rotatable bonds is 3. The SMILES string of the molecule is CCc1ccc(NC(=O)c2ccn3cncc3c2)cc1. The lowest BCUT2D eigenvalue weighted by Crippen LogP contribution is -2.12. The number of hydrogen-bond acceptors (Lipinski definition) is 2. The van der Waals surface area contributed by atoms with Crippen LogP contribution in [0.3, 0.4) is 0 Å². The summed E-state index contributed by atoms with van der Waals surface area (Å²) in [7, 11) is 0. The smallest absolute Gasteiger partial charge is 0.255 e. The second kappa shape index (κ2) is 5.17. The number of benzene rings is 1. The Bertz CT molecular complexity index is 744. The van der Waals surface area contributed by atoms with Gasteiger partial charge in [0.1, 0.15) is 0 Å². The Labute approximate surface area is 117 Å². The van der Waals surface area contributed by atoms with E-state index in [4.69, 9.17) is 0 Å². The van der Waals surface area contributed by atoms with Crippen LogP contribution in [0.4, 0.5) is 5.69 Å². The van der Waals surface area contributed by atoms with Crippen LogP contribution in [0.25, 0.3) is 5.52 Å². The molecule has 20 heavy (non-hydrogen) atoms. The number of nitrogens with one attached hydrogen (secondary N) is 1. The number of nitrogens with zero attached hydrogens (tertiary/aromatic N) is 2. The van der Waals surface area contributed by atoms with Crippen LogP contribution in [0, 0.1) is 0 Å². The largest absolute Gasteiger partial charge is 0.322 e. The van der Waals surface area contributed by atoms with Crippen LogP contribution in [0.15, 0.2) is 55.1 Å². The highest BCUT2D eigenvalue weighted by Gasteiger charge is 2.07. The molecule has 0 aliphatic rings. The summed E-state index contributed by atoms with van der Waals surface area (Å²) >= 11 is 0. The quantitative estimate of drug-likeness (QED) is 0.790. The zero-order valence-electron chi connectivity index (χ0n) is 11.2. The summed E-state index contributed by atoms with van der Waals surface area (Å²) < 4.78 is 1.87. The van der Waals surface area contributed by atoms with Gasteiger partial charge in [0, 0.05) is 17.4 Å². The highest BCUT2D eigenvalue weighted by Crippen LogP contribution is 2.13. The maximum Gasteiger partial charge on any atom is 0.255 e. The van der Waals surface area contributed by atoms with Gasteiger partial charge in [-0.2, -0.15) is 0 Å². The molecule has 0 aliphatic carbocycles. The molecule has 0 spiro atoms. The van der Waals surface area contributed by atoms with Gasteiger partial charge in [-0.05, 0) is 36.2 Å². The van der Waals surface area contributed by atoms with E-state index in [9.17, 15) is 4.79 Å². The molecule has 4 heteroatoms. The number of aromatic nitrogens is 2. The van der Waals surface area contributed by atoms with E-state index in [1.165, 1.54) is 5.56 Å². The van der Waals surface area contributed by atoms with Gasteiger partial charge in [0.05, 0.1) is 18.0 Å². The molecule has 3 rings (SSSR count). The Morgan fingerprint density at radius 1 is 1.25 bits per heavy atom. The minimum atomic E-state index is -0.113. The van der Waals surface area contributed by atoms with Crippen molar-refractivity contribution in [3.63, 3.8) is 0 Å². The molecule has 0 bridgehead atoms. The van der Waals surface area contributed by atoms with Crippen LogP contribution in [0.1, 0.15) is 22.8 Å². The van der Waals surface area contributed by atoms with E-state index in [1.807, 2.05) is 40.9 Å². The second-order valence-electron chi connectivity index (χ2n) is 4.65. The first-order valence-electron chi connectivity index (χ1n) is 6.58. The highest BCUT2D eigenvalue weighted by molar-refractivity contribution is 6.04. The first-order chi connectivity index (χ1) is 9.76. The van der Waals surface area contributed by atoms with Crippen LogP contribution in [0.2, 0.25) is 0 Å². The molecule has 2 heterocycles. The Kier molecular flexibility index (Phi) is 3.21. The fourth-order valence-electron chi connectivity index (χ4n) is 2.09. The molecule has 0 radical (unpaired) electrons. The molecular weight excluding hydrogens is 250 g/mol. The van der Waals surface area contributed by atoms with E-state index < -0.39 is 0 Å². The number of aryl methyl sites for hydroxylation is 1. The van der Waals surface area contributed by atoms with Crippen molar-refractivity contribution >= 4 is 17.1 Å². The van der Waals surface area contributed by atoms with E-state index in [0.29, 0.717) is 5.56 Å². The number of pyridine rings is 1. The van der Waals surface area contributed by atoms with Gasteiger partial charge in [-0.3, -0.25) is 4.79 Å². The van der Waals surface area contributed by atoms with Crippen molar-refractivity contribution in [1.82, 2.24) is 9.38 Å². The van der Waals surface area contributed by atoms with Gasteiger partial charge < -0.3 is 9.72 Å². The highest BCUT2D eigenvalue weighted by atomic mass is 16.1. The zero-order chi connectivity index (χ0) is 13.9. The Balaban J connectivity index is 1.80. The maximum absolute atomic E-state index is 12.2. The molecule has 0 fully saturated rings. The molecule has 0 atom stereocenters. The second-order valence-corrected chi connectivity index (χ2v) is 4.65. The Morgan fingerprint density at radius 3 is 2.80 bits per heavy atom. The fraction of sp³-hybridized carbons (Fsp3) is 0.125. The number of carbonyl (C=O) groups excluding carboxylic acids is 1. The number of anilines is 1. The molecule has 0 unspecified atom stereocenters. The first kappa shape index (κ1) is 12.4. The minimum absolute atomic E-state index is 0.113. The number of imidazole rings is 1. The lowest BCUT2D eigenvalue weighted by Gasteiger charge is -2.06. The molecule has 1 aromatic carbocycles. The van der Waals surface area contributed by atoms with Crippen LogP contribution in [0.5, 0.6) is 0 Å². The molecular formula is C16H15N3O. The Morgan fingerprint density at radius 2 is 2.05 bits per heavy atom. The lowest BCUT2D eigenvalue weighted by atomic mass is 10.1. The summed E-state index contributed by atoms with van der Waals surface area (Å²) in [5.41, 5.74) is 3.58. The molecule has 4 nitrogen and oxygen atoms in total. The van der Waals surface area contributed by atoms with E-state index in [-0.39, 0.29) is 5.91 Å². The topological polar surface area (TPSA) is 46.4 Å². The predicted octanol–water partition coefficient (Wildman–Crippen LogP) is 3.15. The molecule has 100 valence electrons. The van der Waals surface area contributed by atoms with Crippen LogP contribution in [-0.2, 0) is 6.42 Å². The fourth-order valence-corrected chi connectivity index (χ4v) is 2.09. The zero-order valence-corrected chi connectivity index (χ0v) is 11.2. The van der Waals surface area contributed by atoms with Crippen LogP contribution >= 0.6 is 0 Å². The van der Waals surface area contributed by atoms with Gasteiger partial charge in [-0.25, -0.2) is 4.98 Å². The average molecular weight is 265 g/mol. The normalized spacial score (nSPS) is 10.7. The number of carbonyl (C=O) groups is 1. The van der Waals surface area contributed by atoms with Crippen molar-refractivity contribution < 1.29 is 4.79 Å². The molecule has 0 saturated carbocycles. The monoisotopic (exact) mass is 265 g/mol. The maximum atomic E-state index is 12.2.